The lowest BCUT2D eigenvalue weighted by atomic mass is 9.94. The average Bonchev–Trinajstić information content (AvgIpc) is 2.95. The van der Waals surface area contributed by atoms with Gasteiger partial charge in [0.25, 0.3) is 0 Å². The van der Waals surface area contributed by atoms with Crippen LogP contribution in [0.2, 0.25) is 0 Å². The van der Waals surface area contributed by atoms with Crippen molar-refractivity contribution >= 4 is 5.91 Å². The molecule has 3 N–H and O–H groups in total. The summed E-state index contributed by atoms with van der Waals surface area (Å²) in [5.41, 5.74) is 5.83. The fraction of sp³-hybridized carbons (Fsp3) is 0.929. The summed E-state index contributed by atoms with van der Waals surface area (Å²) < 4.78 is 11.0. The van der Waals surface area contributed by atoms with Crippen LogP contribution in [0.25, 0.3) is 0 Å². The van der Waals surface area contributed by atoms with E-state index in [4.69, 9.17) is 15.2 Å². The van der Waals surface area contributed by atoms with Gasteiger partial charge < -0.3 is 20.5 Å². The van der Waals surface area contributed by atoms with Crippen LogP contribution in [-0.4, -0.2) is 43.4 Å². The monoisotopic (exact) mass is 272 g/mol. The quantitative estimate of drug-likeness (QED) is 0.696. The van der Waals surface area contributed by atoms with Gasteiger partial charge in [-0.25, -0.2) is 0 Å². The van der Waals surface area contributed by atoms with E-state index < -0.39 is 6.10 Å². The normalized spacial score (nSPS) is 21.4. The van der Waals surface area contributed by atoms with Crippen LogP contribution in [0.1, 0.15) is 46.5 Å². The van der Waals surface area contributed by atoms with Crippen LogP contribution in [0.15, 0.2) is 0 Å². The maximum absolute atomic E-state index is 11.9. The molecule has 0 aromatic heterocycles. The van der Waals surface area contributed by atoms with Crippen molar-refractivity contribution in [2.24, 2.45) is 5.73 Å². The number of amides is 1. The highest BCUT2D eigenvalue weighted by atomic mass is 16.5. The third-order valence-electron chi connectivity index (χ3n) is 3.95. The number of hydrogen-bond acceptors (Lipinski definition) is 4. The van der Waals surface area contributed by atoms with E-state index in [-0.39, 0.29) is 17.6 Å². The van der Waals surface area contributed by atoms with Crippen LogP contribution in [-0.2, 0) is 14.3 Å². The first kappa shape index (κ1) is 16.4. The lowest BCUT2D eigenvalue weighted by Crippen LogP contribution is -2.51. The van der Waals surface area contributed by atoms with E-state index in [9.17, 15) is 4.79 Å². The van der Waals surface area contributed by atoms with E-state index in [0.717, 1.165) is 32.3 Å². The molecule has 112 valence electrons. The van der Waals surface area contributed by atoms with Gasteiger partial charge >= 0.3 is 0 Å². The van der Waals surface area contributed by atoms with Gasteiger partial charge in [-0.05, 0) is 32.6 Å². The van der Waals surface area contributed by atoms with Crippen molar-refractivity contribution < 1.29 is 14.3 Å². The third kappa shape index (κ3) is 5.47. The first-order chi connectivity index (χ1) is 9.00. The molecule has 0 spiro atoms. The van der Waals surface area contributed by atoms with Crippen LogP contribution in [0, 0.1) is 0 Å². The minimum Gasteiger partial charge on any atom is -0.376 e. The number of carbonyl (C=O) groups excluding carboxylic acids is 1. The molecular weight excluding hydrogens is 244 g/mol. The maximum atomic E-state index is 11.9. The first-order valence-corrected chi connectivity index (χ1v) is 7.30. The predicted molar refractivity (Wildman–Crippen MR) is 74.9 cm³/mol. The van der Waals surface area contributed by atoms with Gasteiger partial charge in [0.1, 0.15) is 6.10 Å². The van der Waals surface area contributed by atoms with Gasteiger partial charge in [-0.1, -0.05) is 13.8 Å². The van der Waals surface area contributed by atoms with Crippen LogP contribution in [0.3, 0.4) is 0 Å². The fourth-order valence-electron chi connectivity index (χ4n) is 2.01. The molecule has 2 atom stereocenters. The smallest absolute Gasteiger partial charge is 0.248 e. The van der Waals surface area contributed by atoms with Gasteiger partial charge in [0.05, 0.1) is 12.7 Å². The molecule has 1 heterocycles. The van der Waals surface area contributed by atoms with E-state index >= 15 is 0 Å². The summed E-state index contributed by atoms with van der Waals surface area (Å²) in [6.45, 7) is 7.62. The second-order valence-corrected chi connectivity index (χ2v) is 5.40. The fourth-order valence-corrected chi connectivity index (χ4v) is 2.01. The molecule has 1 rings (SSSR count). The molecule has 0 bridgehead atoms. The van der Waals surface area contributed by atoms with Crippen molar-refractivity contribution in [2.45, 2.75) is 64.2 Å². The molecule has 0 saturated carbocycles. The Hall–Kier alpha value is -0.650. The zero-order valence-electron chi connectivity index (χ0n) is 12.4. The largest absolute Gasteiger partial charge is 0.376 e. The number of hydrogen-bond donors (Lipinski definition) is 2. The van der Waals surface area contributed by atoms with E-state index in [1.165, 1.54) is 0 Å². The summed E-state index contributed by atoms with van der Waals surface area (Å²) in [5.74, 6) is -0.102. The van der Waals surface area contributed by atoms with Gasteiger partial charge in [-0.15, -0.1) is 0 Å². The summed E-state index contributed by atoms with van der Waals surface area (Å²) in [5, 5.41) is 2.87. The van der Waals surface area contributed by atoms with E-state index in [1.54, 1.807) is 6.92 Å². The highest BCUT2D eigenvalue weighted by Gasteiger charge is 2.24. The van der Waals surface area contributed by atoms with Crippen LogP contribution >= 0.6 is 0 Å². The molecular formula is C14H28N2O3. The summed E-state index contributed by atoms with van der Waals surface area (Å²) in [4.78, 5) is 11.9. The molecule has 0 aromatic rings. The number of nitrogens with one attached hydrogen (secondary N) is 1. The third-order valence-corrected chi connectivity index (χ3v) is 3.95. The van der Waals surface area contributed by atoms with Crippen molar-refractivity contribution in [3.63, 3.8) is 0 Å². The Bertz CT molecular complexity index is 274. The van der Waals surface area contributed by atoms with Gasteiger partial charge in [0.2, 0.25) is 5.91 Å². The molecule has 2 unspecified atom stereocenters. The molecule has 1 aliphatic heterocycles. The molecule has 5 nitrogen and oxygen atoms in total. The second kappa shape index (κ2) is 7.82. The van der Waals surface area contributed by atoms with Crippen LogP contribution in [0.5, 0.6) is 0 Å². The zero-order chi connectivity index (χ0) is 14.3. The van der Waals surface area contributed by atoms with Crippen molar-refractivity contribution in [3.05, 3.63) is 0 Å². The summed E-state index contributed by atoms with van der Waals surface area (Å²) in [7, 11) is 0. The Morgan fingerprint density at radius 1 is 1.53 bits per heavy atom. The van der Waals surface area contributed by atoms with E-state index in [2.05, 4.69) is 5.32 Å². The number of rotatable bonds is 8. The van der Waals surface area contributed by atoms with Gasteiger partial charge in [-0.2, -0.15) is 0 Å². The second-order valence-electron chi connectivity index (χ2n) is 5.40. The van der Waals surface area contributed by atoms with Gasteiger partial charge in [0.15, 0.2) is 0 Å². The molecule has 1 aliphatic rings. The Morgan fingerprint density at radius 3 is 2.74 bits per heavy atom. The molecule has 5 heteroatoms. The number of nitrogens with two attached hydrogens (primary N) is 1. The molecule has 0 aromatic carbocycles. The maximum Gasteiger partial charge on any atom is 0.248 e. The molecule has 0 aliphatic carbocycles. The summed E-state index contributed by atoms with van der Waals surface area (Å²) in [6.07, 6.45) is 3.48. The standard InChI is InChI=1S/C14H28N2O3/c1-4-14(15,5-2)10-16-13(17)11(3)19-9-12-7-6-8-18-12/h11-12H,4-10,15H2,1-3H3,(H,16,17). The molecule has 1 fully saturated rings. The highest BCUT2D eigenvalue weighted by Crippen LogP contribution is 2.13. The summed E-state index contributed by atoms with van der Waals surface area (Å²) in [6, 6.07) is 0. The van der Waals surface area contributed by atoms with E-state index in [0.29, 0.717) is 13.2 Å². The van der Waals surface area contributed by atoms with Crippen LogP contribution in [0.4, 0.5) is 0 Å². The highest BCUT2D eigenvalue weighted by molar-refractivity contribution is 5.80. The van der Waals surface area contributed by atoms with Crippen LogP contribution < -0.4 is 11.1 Å². The topological polar surface area (TPSA) is 73.6 Å². The zero-order valence-corrected chi connectivity index (χ0v) is 12.4. The van der Waals surface area contributed by atoms with Crippen molar-refractivity contribution in [1.29, 1.82) is 0 Å². The Labute approximate surface area is 116 Å². The molecule has 1 saturated heterocycles. The van der Waals surface area contributed by atoms with Crippen molar-refractivity contribution in [2.75, 3.05) is 19.8 Å². The minimum absolute atomic E-state index is 0.102. The number of carbonyl (C=O) groups is 1. The Morgan fingerprint density at radius 2 is 2.21 bits per heavy atom. The molecule has 1 amide bonds. The van der Waals surface area contributed by atoms with Crippen molar-refractivity contribution in [3.8, 4) is 0 Å². The average molecular weight is 272 g/mol. The van der Waals surface area contributed by atoms with Gasteiger partial charge in [0, 0.05) is 18.7 Å². The SMILES string of the molecule is CCC(N)(CC)CNC(=O)C(C)OCC1CCCO1. The summed E-state index contributed by atoms with van der Waals surface area (Å²) >= 11 is 0. The Balaban J connectivity index is 2.24. The lowest BCUT2D eigenvalue weighted by molar-refractivity contribution is -0.134. The van der Waals surface area contributed by atoms with Crippen molar-refractivity contribution in [1.82, 2.24) is 5.32 Å². The molecule has 19 heavy (non-hydrogen) atoms. The van der Waals surface area contributed by atoms with Gasteiger partial charge in [-0.3, -0.25) is 4.79 Å². The first-order valence-electron chi connectivity index (χ1n) is 7.30. The van der Waals surface area contributed by atoms with E-state index in [1.807, 2.05) is 13.8 Å². The minimum atomic E-state index is -0.456. The molecule has 0 radical (unpaired) electrons. The predicted octanol–water partition coefficient (Wildman–Crippen LogP) is 1.20. The lowest BCUT2D eigenvalue weighted by Gasteiger charge is -2.27. The Kier molecular flexibility index (Phi) is 6.75. The number of ether oxygens (including phenoxy) is 2.